The Hall–Kier alpha value is -0.880. The van der Waals surface area contributed by atoms with Gasteiger partial charge in [-0.2, -0.15) is 11.3 Å². The standard InChI is InChI=1S/C9H11NO3S2/c11-9(7-2-1-3-7)10-15(12,13)8-4-5-14-6-8/h4-7H,1-3H2,(H,10,11). The lowest BCUT2D eigenvalue weighted by Crippen LogP contribution is -2.38. The van der Waals surface area contributed by atoms with E-state index >= 15 is 0 Å². The summed E-state index contributed by atoms with van der Waals surface area (Å²) in [5, 5.41) is 3.18. The van der Waals surface area contributed by atoms with Crippen LogP contribution in [0.25, 0.3) is 0 Å². The van der Waals surface area contributed by atoms with Crippen molar-refractivity contribution < 1.29 is 13.2 Å². The van der Waals surface area contributed by atoms with Gasteiger partial charge in [-0.1, -0.05) is 6.42 Å². The molecule has 1 aromatic rings. The predicted molar refractivity (Wildman–Crippen MR) is 57.0 cm³/mol. The minimum absolute atomic E-state index is 0.113. The van der Waals surface area contributed by atoms with E-state index in [2.05, 4.69) is 4.72 Å². The summed E-state index contributed by atoms with van der Waals surface area (Å²) in [6.45, 7) is 0. The van der Waals surface area contributed by atoms with Crippen LogP contribution in [-0.2, 0) is 14.8 Å². The largest absolute Gasteiger partial charge is 0.274 e. The fourth-order valence-electron chi connectivity index (χ4n) is 1.35. The van der Waals surface area contributed by atoms with Gasteiger partial charge in [0.2, 0.25) is 5.91 Å². The highest BCUT2D eigenvalue weighted by atomic mass is 32.2. The molecule has 6 heteroatoms. The molecule has 1 heterocycles. The Balaban J connectivity index is 2.08. The molecule has 1 aliphatic carbocycles. The predicted octanol–water partition coefficient (Wildman–Crippen LogP) is 1.35. The Bertz CT molecular complexity index is 446. The summed E-state index contributed by atoms with van der Waals surface area (Å²) < 4.78 is 25.3. The molecule has 15 heavy (non-hydrogen) atoms. The van der Waals surface area contributed by atoms with Crippen molar-refractivity contribution in [2.45, 2.75) is 24.2 Å². The zero-order valence-electron chi connectivity index (χ0n) is 7.97. The maximum atomic E-state index is 11.6. The summed E-state index contributed by atoms with van der Waals surface area (Å²) in [6, 6.07) is 1.49. The summed E-state index contributed by atoms with van der Waals surface area (Å²) in [7, 11) is -3.63. The van der Waals surface area contributed by atoms with Crippen LogP contribution in [0, 0.1) is 5.92 Å². The van der Waals surface area contributed by atoms with E-state index < -0.39 is 10.0 Å². The summed E-state index contributed by atoms with van der Waals surface area (Å²) >= 11 is 1.29. The van der Waals surface area contributed by atoms with Crippen molar-refractivity contribution in [3.8, 4) is 0 Å². The third-order valence-electron chi connectivity index (χ3n) is 2.52. The fraction of sp³-hybridized carbons (Fsp3) is 0.444. The molecule has 1 N–H and O–H groups in total. The highest BCUT2D eigenvalue weighted by molar-refractivity contribution is 7.90. The monoisotopic (exact) mass is 245 g/mol. The van der Waals surface area contributed by atoms with Gasteiger partial charge in [0, 0.05) is 11.3 Å². The van der Waals surface area contributed by atoms with Gasteiger partial charge in [-0.25, -0.2) is 13.1 Å². The van der Waals surface area contributed by atoms with Crippen molar-refractivity contribution in [1.29, 1.82) is 0 Å². The van der Waals surface area contributed by atoms with E-state index in [1.54, 1.807) is 5.38 Å². The van der Waals surface area contributed by atoms with E-state index in [0.717, 1.165) is 19.3 Å². The van der Waals surface area contributed by atoms with Gasteiger partial charge < -0.3 is 0 Å². The van der Waals surface area contributed by atoms with Crippen molar-refractivity contribution in [1.82, 2.24) is 4.72 Å². The third kappa shape index (κ3) is 2.21. The molecule has 0 radical (unpaired) electrons. The van der Waals surface area contributed by atoms with Gasteiger partial charge in [0.05, 0.1) is 4.90 Å². The molecule has 1 fully saturated rings. The first-order valence-corrected chi connectivity index (χ1v) is 7.11. The van der Waals surface area contributed by atoms with E-state index in [1.807, 2.05) is 0 Å². The second kappa shape index (κ2) is 3.94. The molecule has 1 aromatic heterocycles. The molecule has 4 nitrogen and oxygen atoms in total. The first kappa shape index (κ1) is 10.6. The first-order valence-electron chi connectivity index (χ1n) is 4.68. The zero-order valence-corrected chi connectivity index (χ0v) is 9.60. The molecule has 0 bridgehead atoms. The van der Waals surface area contributed by atoms with E-state index in [4.69, 9.17) is 0 Å². The highest BCUT2D eigenvalue weighted by Gasteiger charge is 2.28. The quantitative estimate of drug-likeness (QED) is 0.874. The molecule has 2 rings (SSSR count). The first-order chi connectivity index (χ1) is 7.09. The van der Waals surface area contributed by atoms with Gasteiger partial charge in [0.25, 0.3) is 10.0 Å². The summed E-state index contributed by atoms with van der Waals surface area (Å²) in [4.78, 5) is 11.6. The molecule has 0 saturated heterocycles. The summed E-state index contributed by atoms with van der Waals surface area (Å²) in [6.07, 6.45) is 2.60. The number of hydrogen-bond donors (Lipinski definition) is 1. The Labute approximate surface area is 92.4 Å². The molecular formula is C9H11NO3S2. The van der Waals surface area contributed by atoms with Gasteiger partial charge in [-0.15, -0.1) is 0 Å². The van der Waals surface area contributed by atoms with Gasteiger partial charge >= 0.3 is 0 Å². The third-order valence-corrected chi connectivity index (χ3v) is 4.69. The molecule has 82 valence electrons. The van der Waals surface area contributed by atoms with E-state index in [1.165, 1.54) is 22.8 Å². The maximum absolute atomic E-state index is 11.6. The second-order valence-corrected chi connectivity index (χ2v) is 6.02. The van der Waals surface area contributed by atoms with E-state index in [-0.39, 0.29) is 16.7 Å². The second-order valence-electron chi connectivity index (χ2n) is 3.56. The lowest BCUT2D eigenvalue weighted by Gasteiger charge is -2.23. The number of amides is 1. The number of rotatable bonds is 3. The molecule has 0 unspecified atom stereocenters. The summed E-state index contributed by atoms with van der Waals surface area (Å²) in [5.74, 6) is -0.481. The SMILES string of the molecule is O=C(NS(=O)(=O)c1ccsc1)C1CCC1. The lowest BCUT2D eigenvalue weighted by atomic mass is 9.85. The van der Waals surface area contributed by atoms with Crippen LogP contribution < -0.4 is 4.72 Å². The van der Waals surface area contributed by atoms with Crippen LogP contribution in [-0.4, -0.2) is 14.3 Å². The average Bonchev–Trinajstić information content (AvgIpc) is 2.49. The van der Waals surface area contributed by atoms with Crippen molar-refractivity contribution in [3.63, 3.8) is 0 Å². The summed E-state index contributed by atoms with van der Waals surface area (Å²) in [5.41, 5.74) is 0. The molecule has 0 aromatic carbocycles. The van der Waals surface area contributed by atoms with Crippen molar-refractivity contribution >= 4 is 27.3 Å². The zero-order chi connectivity index (χ0) is 10.9. The Morgan fingerprint density at radius 1 is 1.47 bits per heavy atom. The normalized spacial score (nSPS) is 17.1. The topological polar surface area (TPSA) is 63.2 Å². The number of carbonyl (C=O) groups is 1. The van der Waals surface area contributed by atoms with Crippen LogP contribution in [0.1, 0.15) is 19.3 Å². The lowest BCUT2D eigenvalue weighted by molar-refractivity contribution is -0.125. The average molecular weight is 245 g/mol. The Kier molecular flexibility index (Phi) is 2.79. The minimum atomic E-state index is -3.63. The molecule has 0 spiro atoms. The van der Waals surface area contributed by atoms with Crippen molar-refractivity contribution in [3.05, 3.63) is 16.8 Å². The van der Waals surface area contributed by atoms with E-state index in [0.29, 0.717) is 0 Å². The number of nitrogens with one attached hydrogen (secondary N) is 1. The van der Waals surface area contributed by atoms with Crippen LogP contribution in [0.2, 0.25) is 0 Å². The molecule has 0 aliphatic heterocycles. The fourth-order valence-corrected chi connectivity index (χ4v) is 3.42. The molecular weight excluding hydrogens is 234 g/mol. The van der Waals surface area contributed by atoms with Crippen LogP contribution in [0.4, 0.5) is 0 Å². The highest BCUT2D eigenvalue weighted by Crippen LogP contribution is 2.26. The van der Waals surface area contributed by atoms with Crippen LogP contribution in [0.15, 0.2) is 21.7 Å². The Morgan fingerprint density at radius 3 is 2.67 bits per heavy atom. The number of thiophene rings is 1. The molecule has 1 amide bonds. The van der Waals surface area contributed by atoms with Crippen molar-refractivity contribution in [2.24, 2.45) is 5.92 Å². The van der Waals surface area contributed by atoms with Crippen LogP contribution in [0.5, 0.6) is 0 Å². The number of carbonyl (C=O) groups excluding carboxylic acids is 1. The molecule has 0 atom stereocenters. The van der Waals surface area contributed by atoms with Crippen LogP contribution >= 0.6 is 11.3 Å². The van der Waals surface area contributed by atoms with Crippen LogP contribution in [0.3, 0.4) is 0 Å². The Morgan fingerprint density at radius 2 is 2.20 bits per heavy atom. The van der Waals surface area contributed by atoms with Gasteiger partial charge in [0.15, 0.2) is 0 Å². The molecule has 1 saturated carbocycles. The smallest absolute Gasteiger partial charge is 0.264 e. The van der Waals surface area contributed by atoms with Crippen molar-refractivity contribution in [2.75, 3.05) is 0 Å². The van der Waals surface area contributed by atoms with Gasteiger partial charge in [0.1, 0.15) is 0 Å². The minimum Gasteiger partial charge on any atom is -0.274 e. The molecule has 1 aliphatic rings. The van der Waals surface area contributed by atoms with Gasteiger partial charge in [-0.3, -0.25) is 4.79 Å². The maximum Gasteiger partial charge on any atom is 0.264 e. The number of sulfonamides is 1. The van der Waals surface area contributed by atoms with E-state index in [9.17, 15) is 13.2 Å². The van der Waals surface area contributed by atoms with Gasteiger partial charge in [-0.05, 0) is 24.3 Å². The number of hydrogen-bond acceptors (Lipinski definition) is 4.